The highest BCUT2D eigenvalue weighted by Crippen LogP contribution is 2.38. The number of aromatic nitrogens is 2. The number of hydrogen-bond acceptors (Lipinski definition) is 3. The van der Waals surface area contributed by atoms with Gasteiger partial charge in [-0.05, 0) is 32.7 Å². The first-order valence-corrected chi connectivity index (χ1v) is 7.53. The third-order valence-corrected chi connectivity index (χ3v) is 5.29. The van der Waals surface area contributed by atoms with Crippen molar-refractivity contribution in [2.24, 2.45) is 7.05 Å². The molecule has 2 saturated heterocycles. The number of piperidine rings is 1. The van der Waals surface area contributed by atoms with Gasteiger partial charge in [0.2, 0.25) is 0 Å². The molecule has 0 aliphatic carbocycles. The molecule has 1 N–H and O–H groups in total. The lowest BCUT2D eigenvalue weighted by Crippen LogP contribution is -2.48. The van der Waals surface area contributed by atoms with Crippen molar-refractivity contribution in [1.29, 1.82) is 0 Å². The van der Waals surface area contributed by atoms with E-state index in [2.05, 4.69) is 10.00 Å². The topological polar surface area (TPSA) is 41.3 Å². The largest absolute Gasteiger partial charge is 0.388 e. The molecular weight excluding hydrogens is 262 g/mol. The molecule has 0 spiro atoms. The predicted octanol–water partition coefficient (Wildman–Crippen LogP) is 1.91. The Balaban J connectivity index is 1.85. The number of aliphatic hydroxyl groups is 1. The molecule has 0 bridgehead atoms. The lowest BCUT2D eigenvalue weighted by atomic mass is 9.84. The molecule has 0 saturated carbocycles. The first-order chi connectivity index (χ1) is 9.01. The first kappa shape index (κ1) is 13.4. The van der Waals surface area contributed by atoms with E-state index in [9.17, 15) is 5.11 Å². The molecule has 2 aliphatic rings. The lowest BCUT2D eigenvalue weighted by molar-refractivity contribution is -0.00896. The normalized spacial score (nSPS) is 31.7. The van der Waals surface area contributed by atoms with Crippen LogP contribution in [0.5, 0.6) is 0 Å². The van der Waals surface area contributed by atoms with Gasteiger partial charge in [-0.3, -0.25) is 9.58 Å². The summed E-state index contributed by atoms with van der Waals surface area (Å²) in [5, 5.41) is 16.1. The smallest absolute Gasteiger partial charge is 0.130 e. The van der Waals surface area contributed by atoms with Crippen molar-refractivity contribution in [2.45, 2.75) is 50.7 Å². The van der Waals surface area contributed by atoms with E-state index >= 15 is 0 Å². The fourth-order valence-electron chi connectivity index (χ4n) is 3.76. The van der Waals surface area contributed by atoms with Crippen LogP contribution >= 0.6 is 11.6 Å². The molecule has 0 amide bonds. The Morgan fingerprint density at radius 2 is 2.21 bits per heavy atom. The van der Waals surface area contributed by atoms with Gasteiger partial charge in [0.15, 0.2) is 0 Å². The second kappa shape index (κ2) is 4.76. The Morgan fingerprint density at radius 3 is 2.89 bits per heavy atom. The third-order valence-electron chi connectivity index (χ3n) is 4.82. The summed E-state index contributed by atoms with van der Waals surface area (Å²) in [7, 11) is 1.85. The molecule has 3 heterocycles. The van der Waals surface area contributed by atoms with E-state index < -0.39 is 5.60 Å². The van der Waals surface area contributed by atoms with Crippen molar-refractivity contribution in [3.05, 3.63) is 16.4 Å². The molecule has 0 aromatic carbocycles. The van der Waals surface area contributed by atoms with Gasteiger partial charge in [0.1, 0.15) is 5.15 Å². The Morgan fingerprint density at radius 1 is 1.42 bits per heavy atom. The van der Waals surface area contributed by atoms with E-state index in [0.717, 1.165) is 37.2 Å². The zero-order chi connectivity index (χ0) is 13.6. The minimum atomic E-state index is -0.627. The van der Waals surface area contributed by atoms with E-state index in [0.29, 0.717) is 17.6 Å². The molecule has 0 radical (unpaired) electrons. The van der Waals surface area contributed by atoms with E-state index in [1.807, 2.05) is 14.0 Å². The van der Waals surface area contributed by atoms with Crippen LogP contribution in [0.25, 0.3) is 0 Å². The van der Waals surface area contributed by atoms with Gasteiger partial charge in [-0.2, -0.15) is 5.10 Å². The van der Waals surface area contributed by atoms with Crippen molar-refractivity contribution in [3.8, 4) is 0 Å². The summed E-state index contributed by atoms with van der Waals surface area (Å²) < 4.78 is 1.70. The highest BCUT2D eigenvalue weighted by atomic mass is 35.5. The first-order valence-electron chi connectivity index (χ1n) is 7.16. The average Bonchev–Trinajstić information content (AvgIpc) is 2.84. The van der Waals surface area contributed by atoms with Crippen LogP contribution in [0, 0.1) is 6.92 Å². The molecule has 3 rings (SSSR count). The van der Waals surface area contributed by atoms with Crippen LogP contribution in [0.15, 0.2) is 0 Å². The molecule has 2 atom stereocenters. The number of fused-ring (bicyclic) bond motifs is 1. The van der Waals surface area contributed by atoms with Crippen LogP contribution in [0.3, 0.4) is 0 Å². The maximum atomic E-state index is 11.1. The Bertz CT molecular complexity index is 487. The summed E-state index contributed by atoms with van der Waals surface area (Å²) in [6, 6.07) is 0.303. The molecular formula is C14H22ClN3O. The van der Waals surface area contributed by atoms with Gasteiger partial charge in [0.05, 0.1) is 11.3 Å². The van der Waals surface area contributed by atoms with Crippen molar-refractivity contribution in [3.63, 3.8) is 0 Å². The monoisotopic (exact) mass is 283 g/mol. The molecule has 5 heteroatoms. The third kappa shape index (κ3) is 2.20. The quantitative estimate of drug-likeness (QED) is 0.901. The van der Waals surface area contributed by atoms with Crippen LogP contribution in [0.2, 0.25) is 5.15 Å². The molecule has 2 fully saturated rings. The highest BCUT2D eigenvalue weighted by molar-refractivity contribution is 6.30. The van der Waals surface area contributed by atoms with E-state index in [1.54, 1.807) is 4.68 Å². The van der Waals surface area contributed by atoms with Gasteiger partial charge >= 0.3 is 0 Å². The SMILES string of the molecule is Cc1nn(C)c(Cl)c1CC1(O)CCN2CCCCC21. The number of aryl methyl sites for hydroxylation is 2. The fourth-order valence-corrected chi connectivity index (χ4v) is 4.00. The summed E-state index contributed by atoms with van der Waals surface area (Å²) in [6.07, 6.45) is 5.07. The molecule has 19 heavy (non-hydrogen) atoms. The Hall–Kier alpha value is -0.580. The number of halogens is 1. The number of nitrogens with zero attached hydrogens (tertiary/aromatic N) is 3. The Kier molecular flexibility index (Phi) is 3.36. The molecule has 4 nitrogen and oxygen atoms in total. The highest BCUT2D eigenvalue weighted by Gasteiger charge is 2.47. The molecule has 106 valence electrons. The maximum absolute atomic E-state index is 11.1. The maximum Gasteiger partial charge on any atom is 0.130 e. The second-order valence-electron chi connectivity index (χ2n) is 6.06. The van der Waals surface area contributed by atoms with Crippen LogP contribution < -0.4 is 0 Å². The summed E-state index contributed by atoms with van der Waals surface area (Å²) in [6.45, 7) is 4.11. The molecule has 1 aromatic heterocycles. The molecule has 2 aliphatic heterocycles. The summed E-state index contributed by atoms with van der Waals surface area (Å²) in [4.78, 5) is 2.45. The van der Waals surface area contributed by atoms with Gasteiger partial charge in [0.25, 0.3) is 0 Å². The van der Waals surface area contributed by atoms with E-state index in [4.69, 9.17) is 11.6 Å². The van der Waals surface area contributed by atoms with Gasteiger partial charge in [0, 0.05) is 31.6 Å². The molecule has 2 unspecified atom stereocenters. The van der Waals surface area contributed by atoms with Crippen LogP contribution in [0.4, 0.5) is 0 Å². The van der Waals surface area contributed by atoms with Crippen molar-refractivity contribution >= 4 is 11.6 Å². The van der Waals surface area contributed by atoms with Gasteiger partial charge in [-0.25, -0.2) is 0 Å². The zero-order valence-electron chi connectivity index (χ0n) is 11.7. The van der Waals surface area contributed by atoms with Crippen molar-refractivity contribution in [2.75, 3.05) is 13.1 Å². The average molecular weight is 284 g/mol. The summed E-state index contributed by atoms with van der Waals surface area (Å²) in [5.74, 6) is 0. The van der Waals surface area contributed by atoms with Gasteiger partial charge < -0.3 is 5.11 Å². The van der Waals surface area contributed by atoms with Crippen LogP contribution in [-0.2, 0) is 13.5 Å². The van der Waals surface area contributed by atoms with Crippen molar-refractivity contribution < 1.29 is 5.11 Å². The van der Waals surface area contributed by atoms with Gasteiger partial charge in [-0.1, -0.05) is 18.0 Å². The van der Waals surface area contributed by atoms with Crippen LogP contribution in [-0.4, -0.2) is 44.5 Å². The van der Waals surface area contributed by atoms with Crippen molar-refractivity contribution in [1.82, 2.24) is 14.7 Å². The fraction of sp³-hybridized carbons (Fsp3) is 0.786. The zero-order valence-corrected chi connectivity index (χ0v) is 12.4. The summed E-state index contributed by atoms with van der Waals surface area (Å²) >= 11 is 6.31. The second-order valence-corrected chi connectivity index (χ2v) is 6.41. The minimum Gasteiger partial charge on any atom is -0.388 e. The van der Waals surface area contributed by atoms with Crippen LogP contribution in [0.1, 0.15) is 36.9 Å². The standard InChI is InChI=1S/C14H22ClN3O/c1-10-11(13(15)17(2)16-10)9-14(19)6-8-18-7-4-3-5-12(14)18/h12,19H,3-9H2,1-2H3. The lowest BCUT2D eigenvalue weighted by Gasteiger charge is -2.37. The number of hydrogen-bond donors (Lipinski definition) is 1. The van der Waals surface area contributed by atoms with Gasteiger partial charge in [-0.15, -0.1) is 0 Å². The minimum absolute atomic E-state index is 0.303. The number of rotatable bonds is 2. The van der Waals surface area contributed by atoms with E-state index in [-0.39, 0.29) is 0 Å². The molecule has 1 aromatic rings. The summed E-state index contributed by atoms with van der Waals surface area (Å²) in [5.41, 5.74) is 1.33. The predicted molar refractivity (Wildman–Crippen MR) is 75.4 cm³/mol. The Labute approximate surface area is 119 Å². The van der Waals surface area contributed by atoms with E-state index in [1.165, 1.54) is 12.8 Å².